The highest BCUT2D eigenvalue weighted by atomic mass is 14.9. The van der Waals surface area contributed by atoms with Crippen LogP contribution in [-0.4, -0.2) is 11.0 Å². The quantitative estimate of drug-likeness (QED) is 0.727. The number of H-pyrrole nitrogens is 1. The van der Waals surface area contributed by atoms with E-state index in [1.807, 2.05) is 0 Å². The summed E-state index contributed by atoms with van der Waals surface area (Å²) in [5.41, 5.74) is 5.81. The van der Waals surface area contributed by atoms with Gasteiger partial charge in [-0.05, 0) is 42.0 Å². The highest BCUT2D eigenvalue weighted by molar-refractivity contribution is 5.86. The van der Waals surface area contributed by atoms with E-state index in [4.69, 9.17) is 0 Å². The van der Waals surface area contributed by atoms with Gasteiger partial charge in [0.1, 0.15) is 0 Å². The normalized spacial score (nSPS) is 20.1. The monoisotopic (exact) mass is 242 g/mol. The van der Waals surface area contributed by atoms with Crippen LogP contribution in [0.4, 0.5) is 0 Å². The summed E-state index contributed by atoms with van der Waals surface area (Å²) < 4.78 is 0. The Morgan fingerprint density at radius 3 is 2.72 bits per heavy atom. The van der Waals surface area contributed by atoms with Gasteiger partial charge in [-0.15, -0.1) is 0 Å². The number of hydrogen-bond acceptors (Lipinski definition) is 1. The lowest BCUT2D eigenvalue weighted by molar-refractivity contribution is 0.510. The maximum absolute atomic E-state index is 3.55. The van der Waals surface area contributed by atoms with Gasteiger partial charge in [-0.25, -0.2) is 0 Å². The number of rotatable bonds is 0. The lowest BCUT2D eigenvalue weighted by Gasteiger charge is -2.21. The summed E-state index contributed by atoms with van der Waals surface area (Å²) in [7, 11) is 0. The number of hydrogen-bond donors (Lipinski definition) is 2. The van der Waals surface area contributed by atoms with Crippen LogP contribution in [0, 0.1) is 0 Å². The molecule has 0 aliphatic carbocycles. The summed E-state index contributed by atoms with van der Waals surface area (Å²) in [5, 5.41) is 4.93. The first-order chi connectivity index (χ1) is 8.45. The van der Waals surface area contributed by atoms with Gasteiger partial charge in [0.2, 0.25) is 0 Å². The maximum atomic E-state index is 3.55. The van der Waals surface area contributed by atoms with Crippen molar-refractivity contribution in [3.8, 4) is 0 Å². The summed E-state index contributed by atoms with van der Waals surface area (Å²) in [4.78, 5) is 3.55. The molecule has 0 amide bonds. The van der Waals surface area contributed by atoms with Gasteiger partial charge in [-0.3, -0.25) is 0 Å². The van der Waals surface area contributed by atoms with Crippen LogP contribution in [0.5, 0.6) is 0 Å². The van der Waals surface area contributed by atoms with Crippen molar-refractivity contribution in [3.63, 3.8) is 0 Å². The second-order valence-corrected chi connectivity index (χ2v) is 6.58. The van der Waals surface area contributed by atoms with Crippen LogP contribution in [0.15, 0.2) is 18.2 Å². The Hall–Kier alpha value is -1.28. The first kappa shape index (κ1) is 11.8. The predicted octanol–water partition coefficient (Wildman–Crippen LogP) is 3.50. The van der Waals surface area contributed by atoms with Crippen LogP contribution >= 0.6 is 0 Å². The van der Waals surface area contributed by atoms with Crippen molar-refractivity contribution >= 4 is 10.9 Å². The molecule has 0 spiro atoms. The molecule has 1 atom stereocenters. The Labute approximate surface area is 109 Å². The fraction of sp³-hybridized carbons (Fsp3) is 0.500. The van der Waals surface area contributed by atoms with E-state index in [9.17, 15) is 0 Å². The second-order valence-electron chi connectivity index (χ2n) is 6.58. The molecule has 18 heavy (non-hydrogen) atoms. The van der Waals surface area contributed by atoms with Gasteiger partial charge in [-0.2, -0.15) is 0 Å². The second kappa shape index (κ2) is 3.86. The van der Waals surface area contributed by atoms with E-state index in [1.165, 1.54) is 27.7 Å². The lowest BCUT2D eigenvalue weighted by atomic mass is 9.86. The molecule has 3 rings (SSSR count). The van der Waals surface area contributed by atoms with Crippen LogP contribution in [0.2, 0.25) is 0 Å². The number of fused-ring (bicyclic) bond motifs is 3. The molecule has 1 aromatic heterocycles. The minimum absolute atomic E-state index is 0.219. The molecular weight excluding hydrogens is 220 g/mol. The van der Waals surface area contributed by atoms with Crippen LogP contribution in [0.1, 0.15) is 44.5 Å². The highest BCUT2D eigenvalue weighted by Gasteiger charge is 2.21. The van der Waals surface area contributed by atoms with Crippen LogP contribution in [0.25, 0.3) is 10.9 Å². The van der Waals surface area contributed by atoms with Crippen LogP contribution in [0.3, 0.4) is 0 Å². The molecule has 0 saturated heterocycles. The van der Waals surface area contributed by atoms with E-state index in [-0.39, 0.29) is 5.41 Å². The Morgan fingerprint density at radius 1 is 1.22 bits per heavy atom. The third-order valence-corrected chi connectivity index (χ3v) is 4.00. The van der Waals surface area contributed by atoms with Gasteiger partial charge in [0.15, 0.2) is 0 Å². The molecular formula is C16H22N2. The molecule has 0 fully saturated rings. The van der Waals surface area contributed by atoms with Crippen molar-refractivity contribution in [1.82, 2.24) is 10.3 Å². The molecule has 2 N–H and O–H groups in total. The number of aromatic nitrogens is 1. The molecule has 2 aromatic rings. The van der Waals surface area contributed by atoms with Gasteiger partial charge in [-0.1, -0.05) is 26.8 Å². The van der Waals surface area contributed by atoms with E-state index >= 15 is 0 Å². The zero-order chi connectivity index (χ0) is 12.9. The molecule has 96 valence electrons. The van der Waals surface area contributed by atoms with E-state index in [0.717, 1.165) is 13.0 Å². The Bertz CT molecular complexity index is 587. The molecule has 1 unspecified atom stereocenters. The van der Waals surface area contributed by atoms with E-state index in [2.05, 4.69) is 56.2 Å². The molecule has 0 bridgehead atoms. The van der Waals surface area contributed by atoms with E-state index in [1.54, 1.807) is 0 Å². The van der Waals surface area contributed by atoms with Crippen molar-refractivity contribution in [2.75, 3.05) is 0 Å². The fourth-order valence-electron chi connectivity index (χ4n) is 2.81. The molecule has 1 aliphatic heterocycles. The van der Waals surface area contributed by atoms with Gasteiger partial charge < -0.3 is 10.3 Å². The number of nitrogens with one attached hydrogen (secondary N) is 2. The summed E-state index contributed by atoms with van der Waals surface area (Å²) in [6, 6.07) is 7.44. The van der Waals surface area contributed by atoms with Gasteiger partial charge in [0.05, 0.1) is 0 Å². The first-order valence-corrected chi connectivity index (χ1v) is 6.82. The first-order valence-electron chi connectivity index (χ1n) is 6.82. The van der Waals surface area contributed by atoms with E-state index in [0.29, 0.717) is 6.04 Å². The molecule has 1 aromatic carbocycles. The van der Waals surface area contributed by atoms with Crippen molar-refractivity contribution in [2.45, 2.75) is 52.1 Å². The fourth-order valence-corrected chi connectivity index (χ4v) is 2.81. The SMILES string of the molecule is CC1Cc2c([nH]c3ccc(C(C)(C)C)cc23)CN1. The van der Waals surface area contributed by atoms with Gasteiger partial charge in [0, 0.05) is 29.2 Å². The molecule has 2 nitrogen and oxygen atoms in total. The Balaban J connectivity index is 2.18. The van der Waals surface area contributed by atoms with Crippen molar-refractivity contribution in [1.29, 1.82) is 0 Å². The third-order valence-electron chi connectivity index (χ3n) is 4.00. The zero-order valence-electron chi connectivity index (χ0n) is 11.7. The van der Waals surface area contributed by atoms with Crippen LogP contribution < -0.4 is 5.32 Å². The van der Waals surface area contributed by atoms with Crippen molar-refractivity contribution < 1.29 is 0 Å². The number of benzene rings is 1. The Morgan fingerprint density at radius 2 is 2.00 bits per heavy atom. The van der Waals surface area contributed by atoms with Gasteiger partial charge in [0.25, 0.3) is 0 Å². The molecule has 1 aliphatic rings. The molecule has 2 heteroatoms. The molecule has 0 saturated carbocycles. The lowest BCUT2D eigenvalue weighted by Crippen LogP contribution is -2.32. The average molecular weight is 242 g/mol. The molecule has 0 radical (unpaired) electrons. The average Bonchev–Trinajstić information content (AvgIpc) is 2.65. The number of aromatic amines is 1. The molecule has 2 heterocycles. The largest absolute Gasteiger partial charge is 0.357 e. The summed E-state index contributed by atoms with van der Waals surface area (Å²) in [6.07, 6.45) is 1.13. The maximum Gasteiger partial charge on any atom is 0.0459 e. The highest BCUT2D eigenvalue weighted by Crippen LogP contribution is 2.31. The third kappa shape index (κ3) is 1.85. The summed E-state index contributed by atoms with van der Waals surface area (Å²) in [5.74, 6) is 0. The van der Waals surface area contributed by atoms with E-state index < -0.39 is 0 Å². The topological polar surface area (TPSA) is 27.8 Å². The van der Waals surface area contributed by atoms with Gasteiger partial charge >= 0.3 is 0 Å². The summed E-state index contributed by atoms with van der Waals surface area (Å²) in [6.45, 7) is 10.1. The minimum Gasteiger partial charge on any atom is -0.357 e. The van der Waals surface area contributed by atoms with Crippen LogP contribution in [-0.2, 0) is 18.4 Å². The van der Waals surface area contributed by atoms with Crippen molar-refractivity contribution in [3.05, 3.63) is 35.0 Å². The standard InChI is InChI=1S/C16H22N2/c1-10-7-12-13-8-11(16(2,3)4)5-6-14(13)18-15(12)9-17-10/h5-6,8,10,17-18H,7,9H2,1-4H3. The smallest absolute Gasteiger partial charge is 0.0459 e. The zero-order valence-corrected chi connectivity index (χ0v) is 11.7. The predicted molar refractivity (Wildman–Crippen MR) is 77.0 cm³/mol. The summed E-state index contributed by atoms with van der Waals surface area (Å²) >= 11 is 0. The Kier molecular flexibility index (Phi) is 2.53. The minimum atomic E-state index is 0.219. The van der Waals surface area contributed by atoms with Crippen molar-refractivity contribution in [2.24, 2.45) is 0 Å².